The Morgan fingerprint density at radius 3 is 2.48 bits per heavy atom. The number of hydrogen-bond donors (Lipinski definition) is 1. The smallest absolute Gasteiger partial charge is 0.253 e. The van der Waals surface area contributed by atoms with Crippen molar-refractivity contribution in [2.75, 3.05) is 12.4 Å². The number of amides is 1. The molecule has 3 aromatic carbocycles. The van der Waals surface area contributed by atoms with Crippen LogP contribution in [0.4, 0.5) is 11.5 Å². The van der Waals surface area contributed by atoms with Gasteiger partial charge in [0.2, 0.25) is 0 Å². The lowest BCUT2D eigenvalue weighted by Crippen LogP contribution is -2.26. The van der Waals surface area contributed by atoms with Gasteiger partial charge in [-0.05, 0) is 36.8 Å². The van der Waals surface area contributed by atoms with Crippen LogP contribution in [0.15, 0.2) is 91.1 Å². The van der Waals surface area contributed by atoms with Gasteiger partial charge in [-0.2, -0.15) is 0 Å². The van der Waals surface area contributed by atoms with E-state index in [1.54, 1.807) is 11.1 Å². The molecule has 1 heterocycles. The van der Waals surface area contributed by atoms with Gasteiger partial charge in [0.25, 0.3) is 5.91 Å². The van der Waals surface area contributed by atoms with Crippen molar-refractivity contribution in [3.63, 3.8) is 0 Å². The Morgan fingerprint density at radius 2 is 1.71 bits per heavy atom. The quantitative estimate of drug-likeness (QED) is 0.460. The highest BCUT2D eigenvalue weighted by Crippen LogP contribution is 2.21. The predicted molar refractivity (Wildman–Crippen MR) is 124 cm³/mol. The third kappa shape index (κ3) is 5.14. The van der Waals surface area contributed by atoms with Crippen LogP contribution in [0, 0.1) is 6.92 Å². The standard InChI is InChI=1S/C26H24N4O/c1-19-11-13-21(14-12-19)25-27-16-15-24(29-25)28-23-10-6-9-22(17-23)26(31)30(2)18-20-7-4-3-5-8-20/h3-17H,18H2,1-2H3,(H,27,28,29). The fourth-order valence-electron chi connectivity index (χ4n) is 3.30. The Bertz CT molecular complexity index is 1170. The Kier molecular flexibility index (Phi) is 6.03. The summed E-state index contributed by atoms with van der Waals surface area (Å²) in [5.74, 6) is 1.29. The molecule has 0 aliphatic heterocycles. The average molecular weight is 409 g/mol. The first kappa shape index (κ1) is 20.3. The third-order valence-corrected chi connectivity index (χ3v) is 4.96. The van der Waals surface area contributed by atoms with E-state index in [0.717, 1.165) is 16.8 Å². The molecular formula is C26H24N4O. The van der Waals surface area contributed by atoms with E-state index < -0.39 is 0 Å². The molecule has 0 bridgehead atoms. The molecule has 0 unspecified atom stereocenters. The van der Waals surface area contributed by atoms with Gasteiger partial charge in [0.1, 0.15) is 5.82 Å². The number of aryl methyl sites for hydroxylation is 1. The Hall–Kier alpha value is -3.99. The molecular weight excluding hydrogens is 384 g/mol. The maximum atomic E-state index is 12.9. The number of carbonyl (C=O) groups is 1. The van der Waals surface area contributed by atoms with Crippen molar-refractivity contribution in [1.29, 1.82) is 0 Å². The van der Waals surface area contributed by atoms with E-state index in [2.05, 4.69) is 15.3 Å². The molecule has 4 aromatic rings. The van der Waals surface area contributed by atoms with E-state index >= 15 is 0 Å². The van der Waals surface area contributed by atoms with Gasteiger partial charge in [0.15, 0.2) is 5.82 Å². The highest BCUT2D eigenvalue weighted by molar-refractivity contribution is 5.95. The number of aromatic nitrogens is 2. The average Bonchev–Trinajstić information content (AvgIpc) is 2.80. The van der Waals surface area contributed by atoms with Crippen molar-refractivity contribution >= 4 is 17.4 Å². The molecule has 4 rings (SSSR count). The van der Waals surface area contributed by atoms with Crippen molar-refractivity contribution in [2.24, 2.45) is 0 Å². The summed E-state index contributed by atoms with van der Waals surface area (Å²) >= 11 is 0. The van der Waals surface area contributed by atoms with Crippen LogP contribution in [0.1, 0.15) is 21.5 Å². The van der Waals surface area contributed by atoms with Gasteiger partial charge >= 0.3 is 0 Å². The van der Waals surface area contributed by atoms with Crippen molar-refractivity contribution in [1.82, 2.24) is 14.9 Å². The van der Waals surface area contributed by atoms with Crippen molar-refractivity contribution in [2.45, 2.75) is 13.5 Å². The van der Waals surface area contributed by atoms with Crippen LogP contribution >= 0.6 is 0 Å². The number of nitrogens with zero attached hydrogens (tertiary/aromatic N) is 3. The fourth-order valence-corrected chi connectivity index (χ4v) is 3.30. The first-order chi connectivity index (χ1) is 15.1. The minimum absolute atomic E-state index is 0.0319. The lowest BCUT2D eigenvalue weighted by Gasteiger charge is -2.18. The van der Waals surface area contributed by atoms with E-state index in [1.165, 1.54) is 5.56 Å². The summed E-state index contributed by atoms with van der Waals surface area (Å²) in [6, 6.07) is 27.3. The number of benzene rings is 3. The van der Waals surface area contributed by atoms with Crippen LogP contribution in [-0.2, 0) is 6.54 Å². The lowest BCUT2D eigenvalue weighted by molar-refractivity contribution is 0.0785. The van der Waals surface area contributed by atoms with E-state index in [9.17, 15) is 4.79 Å². The molecule has 5 nitrogen and oxygen atoms in total. The van der Waals surface area contributed by atoms with Gasteiger partial charge in [-0.1, -0.05) is 66.2 Å². The zero-order valence-corrected chi connectivity index (χ0v) is 17.6. The minimum Gasteiger partial charge on any atom is -0.340 e. The summed E-state index contributed by atoms with van der Waals surface area (Å²) in [5.41, 5.74) is 4.67. The predicted octanol–water partition coefficient (Wildman–Crippen LogP) is 5.47. The zero-order valence-electron chi connectivity index (χ0n) is 17.6. The summed E-state index contributed by atoms with van der Waals surface area (Å²) < 4.78 is 0. The van der Waals surface area contributed by atoms with Gasteiger partial charge < -0.3 is 10.2 Å². The summed E-state index contributed by atoms with van der Waals surface area (Å²) in [6.07, 6.45) is 1.73. The molecule has 0 spiro atoms. The second-order valence-electron chi connectivity index (χ2n) is 7.48. The molecule has 1 aromatic heterocycles. The second-order valence-corrected chi connectivity index (χ2v) is 7.48. The number of rotatable bonds is 6. The Labute approximate surface area is 182 Å². The molecule has 31 heavy (non-hydrogen) atoms. The highest BCUT2D eigenvalue weighted by atomic mass is 16.2. The first-order valence-corrected chi connectivity index (χ1v) is 10.1. The summed E-state index contributed by atoms with van der Waals surface area (Å²) in [6.45, 7) is 2.61. The minimum atomic E-state index is -0.0319. The molecule has 0 aliphatic carbocycles. The van der Waals surface area contributed by atoms with Crippen LogP contribution in [0.5, 0.6) is 0 Å². The number of anilines is 2. The van der Waals surface area contributed by atoms with Crippen LogP contribution in [0.2, 0.25) is 0 Å². The van der Waals surface area contributed by atoms with Crippen molar-refractivity contribution < 1.29 is 4.79 Å². The van der Waals surface area contributed by atoms with Crippen molar-refractivity contribution in [3.05, 3.63) is 108 Å². The lowest BCUT2D eigenvalue weighted by atomic mass is 10.1. The van der Waals surface area contributed by atoms with Gasteiger partial charge in [-0.3, -0.25) is 4.79 Å². The largest absolute Gasteiger partial charge is 0.340 e. The molecule has 0 aliphatic rings. The molecule has 0 atom stereocenters. The maximum Gasteiger partial charge on any atom is 0.253 e. The van der Waals surface area contributed by atoms with Gasteiger partial charge in [-0.15, -0.1) is 0 Å². The van der Waals surface area contributed by atoms with Gasteiger partial charge in [-0.25, -0.2) is 9.97 Å². The summed E-state index contributed by atoms with van der Waals surface area (Å²) in [5, 5.41) is 3.29. The number of hydrogen-bond acceptors (Lipinski definition) is 4. The van der Waals surface area contributed by atoms with E-state index in [-0.39, 0.29) is 5.91 Å². The molecule has 154 valence electrons. The molecule has 0 saturated heterocycles. The number of carbonyl (C=O) groups excluding carboxylic acids is 1. The van der Waals surface area contributed by atoms with E-state index in [4.69, 9.17) is 0 Å². The Balaban J connectivity index is 1.49. The SMILES string of the molecule is Cc1ccc(-c2nccc(Nc3cccc(C(=O)N(C)Cc4ccccc4)c3)n2)cc1. The summed E-state index contributed by atoms with van der Waals surface area (Å²) in [7, 11) is 1.81. The second kappa shape index (κ2) is 9.22. The number of nitrogens with one attached hydrogen (secondary N) is 1. The zero-order chi connectivity index (χ0) is 21.6. The van der Waals surface area contributed by atoms with Crippen LogP contribution in [-0.4, -0.2) is 27.8 Å². The molecule has 1 amide bonds. The third-order valence-electron chi connectivity index (χ3n) is 4.96. The summed E-state index contributed by atoms with van der Waals surface area (Å²) in [4.78, 5) is 23.6. The topological polar surface area (TPSA) is 58.1 Å². The maximum absolute atomic E-state index is 12.9. The van der Waals surface area contributed by atoms with Crippen LogP contribution < -0.4 is 5.32 Å². The van der Waals surface area contributed by atoms with Crippen LogP contribution in [0.3, 0.4) is 0 Å². The molecule has 0 fully saturated rings. The first-order valence-electron chi connectivity index (χ1n) is 10.1. The van der Waals surface area contributed by atoms with Gasteiger partial charge in [0, 0.05) is 36.6 Å². The van der Waals surface area contributed by atoms with E-state index in [1.807, 2.05) is 98.9 Å². The molecule has 5 heteroatoms. The highest BCUT2D eigenvalue weighted by Gasteiger charge is 2.13. The molecule has 0 saturated carbocycles. The fraction of sp³-hybridized carbons (Fsp3) is 0.115. The van der Waals surface area contributed by atoms with Crippen LogP contribution in [0.25, 0.3) is 11.4 Å². The molecule has 1 N–H and O–H groups in total. The Morgan fingerprint density at radius 1 is 0.935 bits per heavy atom. The normalized spacial score (nSPS) is 10.5. The van der Waals surface area contributed by atoms with Crippen molar-refractivity contribution in [3.8, 4) is 11.4 Å². The van der Waals surface area contributed by atoms with E-state index in [0.29, 0.717) is 23.8 Å². The van der Waals surface area contributed by atoms with Gasteiger partial charge in [0.05, 0.1) is 0 Å². The molecule has 0 radical (unpaired) electrons. The monoisotopic (exact) mass is 408 g/mol.